The Morgan fingerprint density at radius 2 is 1.81 bits per heavy atom. The van der Waals surface area contributed by atoms with Crippen molar-refractivity contribution in [3.8, 4) is 33.2 Å². The molecule has 42 heavy (non-hydrogen) atoms. The Labute approximate surface area is 247 Å². The Bertz CT molecular complexity index is 1990. The van der Waals surface area contributed by atoms with Gasteiger partial charge in [0.1, 0.15) is 33.8 Å². The zero-order valence-electron chi connectivity index (χ0n) is 22.4. The minimum Gasteiger partial charge on any atom is -0.496 e. The lowest BCUT2D eigenvalue weighted by atomic mass is 9.88. The summed E-state index contributed by atoms with van der Waals surface area (Å²) in [6.07, 6.45) is 1.93. The minimum absolute atomic E-state index is 0.0486. The van der Waals surface area contributed by atoms with E-state index in [2.05, 4.69) is 14.6 Å². The molecule has 0 saturated carbocycles. The molecule has 13 heteroatoms. The number of aromatic nitrogens is 1. The normalized spacial score (nSPS) is 14.5. The van der Waals surface area contributed by atoms with E-state index in [9.17, 15) is 16.8 Å². The number of hydrogen-bond acceptors (Lipinski definition) is 9. The number of nitrogens with one attached hydrogen (secondary N) is 2. The van der Waals surface area contributed by atoms with Crippen molar-refractivity contribution in [1.82, 2.24) is 9.88 Å². The summed E-state index contributed by atoms with van der Waals surface area (Å²) in [4.78, 5) is 0.681. The first-order valence-electron chi connectivity index (χ1n) is 12.7. The molecule has 5 aromatic rings. The molecule has 0 spiro atoms. The van der Waals surface area contributed by atoms with Crippen LogP contribution < -0.4 is 18.9 Å². The van der Waals surface area contributed by atoms with E-state index in [0.29, 0.717) is 27.8 Å². The second-order valence-electron chi connectivity index (χ2n) is 9.58. The largest absolute Gasteiger partial charge is 0.496 e. The van der Waals surface area contributed by atoms with Gasteiger partial charge in [-0.15, -0.1) is 11.3 Å². The maximum Gasteiger partial charge on any atom is 0.250 e. The third-order valence-electron chi connectivity index (χ3n) is 6.62. The van der Waals surface area contributed by atoms with E-state index in [-0.39, 0.29) is 10.8 Å². The van der Waals surface area contributed by atoms with Crippen LogP contribution in [0.5, 0.6) is 11.5 Å². The summed E-state index contributed by atoms with van der Waals surface area (Å²) in [7, 11) is -5.72. The summed E-state index contributed by atoms with van der Waals surface area (Å²) in [6, 6.07) is 23.1. The van der Waals surface area contributed by atoms with Crippen molar-refractivity contribution in [1.29, 1.82) is 0 Å². The van der Waals surface area contributed by atoms with Crippen LogP contribution in [-0.2, 0) is 26.6 Å². The summed E-state index contributed by atoms with van der Waals surface area (Å²) in [5.74, 6) is 1.24. The van der Waals surface area contributed by atoms with E-state index in [1.165, 1.54) is 12.3 Å². The van der Waals surface area contributed by atoms with Gasteiger partial charge in [0.2, 0.25) is 20.0 Å². The molecule has 2 N–H and O–H groups in total. The van der Waals surface area contributed by atoms with Gasteiger partial charge in [-0.05, 0) is 53.1 Å². The molecule has 1 aliphatic heterocycles. The Kier molecular flexibility index (Phi) is 7.27. The maximum absolute atomic E-state index is 13.1. The van der Waals surface area contributed by atoms with E-state index < -0.39 is 26.2 Å². The topological polar surface area (TPSA) is 137 Å². The van der Waals surface area contributed by atoms with Crippen LogP contribution in [0.3, 0.4) is 0 Å². The van der Waals surface area contributed by atoms with Crippen LogP contribution in [0.15, 0.2) is 93.9 Å². The lowest BCUT2D eigenvalue weighted by molar-refractivity contribution is 0.242. The molecule has 0 bridgehead atoms. The second kappa shape index (κ2) is 10.9. The Morgan fingerprint density at radius 3 is 2.57 bits per heavy atom. The molecule has 2 aromatic heterocycles. The van der Waals surface area contributed by atoms with E-state index in [4.69, 9.17) is 14.0 Å². The van der Waals surface area contributed by atoms with Crippen molar-refractivity contribution < 1.29 is 30.8 Å². The van der Waals surface area contributed by atoms with Gasteiger partial charge in [0.25, 0.3) is 0 Å². The molecule has 1 atom stereocenters. The number of thiophene rings is 1. The third kappa shape index (κ3) is 5.63. The Balaban J connectivity index is 1.31. The predicted octanol–water partition coefficient (Wildman–Crippen LogP) is 5.41. The van der Waals surface area contributed by atoms with Gasteiger partial charge < -0.3 is 14.0 Å². The van der Waals surface area contributed by atoms with Gasteiger partial charge in [-0.3, -0.25) is 4.72 Å². The fourth-order valence-electron chi connectivity index (χ4n) is 4.83. The number of hydrogen-bond donors (Lipinski definition) is 2. The number of methoxy groups -OCH3 is 1. The van der Waals surface area contributed by atoms with Gasteiger partial charge in [-0.25, -0.2) is 21.6 Å². The fourth-order valence-corrected chi connectivity index (χ4v) is 7.71. The Morgan fingerprint density at radius 1 is 0.976 bits per heavy atom. The molecule has 1 aliphatic rings. The highest BCUT2D eigenvalue weighted by Crippen LogP contribution is 2.49. The quantitative estimate of drug-likeness (QED) is 0.222. The fraction of sp³-hybridized carbons (Fsp3) is 0.138. The molecule has 3 aromatic carbocycles. The molecule has 3 heterocycles. The summed E-state index contributed by atoms with van der Waals surface area (Å²) in [5.41, 5.74) is 4.78. The standard InChI is InChI=1S/C29H25N3O7S3/c1-37-24-7-4-8-25-28(24)21-10-9-20(32-41(2,33)34)16-22(21)29(39-25)19-6-3-5-18(15-19)17-30-42(35,36)27-12-11-26(40-27)23-13-14-38-31-23/h3-16,29-30,32H,17H2,1-2H3. The molecule has 1 unspecified atom stereocenters. The van der Waals surface area contributed by atoms with Crippen LogP contribution >= 0.6 is 11.3 Å². The van der Waals surface area contributed by atoms with E-state index >= 15 is 0 Å². The summed E-state index contributed by atoms with van der Waals surface area (Å²) in [6.45, 7) is 0.0486. The van der Waals surface area contributed by atoms with Crippen LogP contribution in [0.25, 0.3) is 21.7 Å². The summed E-state index contributed by atoms with van der Waals surface area (Å²) >= 11 is 1.10. The molecule has 0 radical (unpaired) electrons. The van der Waals surface area contributed by atoms with Crippen molar-refractivity contribution in [3.63, 3.8) is 0 Å². The molecule has 0 aliphatic carbocycles. The van der Waals surface area contributed by atoms with Crippen LogP contribution in [0.1, 0.15) is 22.8 Å². The first-order valence-corrected chi connectivity index (χ1v) is 16.9. The number of nitrogens with zero attached hydrogens (tertiary/aromatic N) is 1. The minimum atomic E-state index is -3.79. The molecular formula is C29H25N3O7S3. The summed E-state index contributed by atoms with van der Waals surface area (Å²) in [5, 5.41) is 3.86. The SMILES string of the molecule is COc1cccc2c1-c1ccc(NS(C)(=O)=O)cc1C(c1cccc(CNS(=O)(=O)c3ccc(-c4ccon4)s3)c1)O2. The number of ether oxygens (including phenoxy) is 2. The molecule has 216 valence electrons. The number of benzene rings is 3. The van der Waals surface area contributed by atoms with Crippen molar-refractivity contribution in [2.75, 3.05) is 18.1 Å². The third-order valence-corrected chi connectivity index (χ3v) is 10.2. The monoisotopic (exact) mass is 623 g/mol. The van der Waals surface area contributed by atoms with Gasteiger partial charge in [-0.2, -0.15) is 0 Å². The molecule has 6 rings (SSSR count). The first kappa shape index (κ1) is 28.0. The van der Waals surface area contributed by atoms with Crippen molar-refractivity contribution in [2.45, 2.75) is 16.9 Å². The number of anilines is 1. The molecule has 0 saturated heterocycles. The number of sulfonamides is 2. The molecule has 0 amide bonds. The van der Waals surface area contributed by atoms with Gasteiger partial charge in [0, 0.05) is 23.9 Å². The highest BCUT2D eigenvalue weighted by atomic mass is 32.2. The molecule has 0 fully saturated rings. The van der Waals surface area contributed by atoms with Gasteiger partial charge in [0.15, 0.2) is 0 Å². The average Bonchev–Trinajstić information content (AvgIpc) is 3.68. The lowest BCUT2D eigenvalue weighted by Gasteiger charge is -2.30. The highest BCUT2D eigenvalue weighted by Gasteiger charge is 2.30. The summed E-state index contributed by atoms with van der Waals surface area (Å²) < 4.78 is 72.3. The van der Waals surface area contributed by atoms with Crippen molar-refractivity contribution in [3.05, 3.63) is 102 Å². The molecular weight excluding hydrogens is 599 g/mol. The van der Waals surface area contributed by atoms with Crippen LogP contribution in [0, 0.1) is 0 Å². The zero-order valence-corrected chi connectivity index (χ0v) is 24.8. The first-order chi connectivity index (χ1) is 20.1. The van der Waals surface area contributed by atoms with Gasteiger partial charge in [-0.1, -0.05) is 41.6 Å². The smallest absolute Gasteiger partial charge is 0.250 e. The predicted molar refractivity (Wildman–Crippen MR) is 160 cm³/mol. The van der Waals surface area contributed by atoms with Gasteiger partial charge >= 0.3 is 0 Å². The van der Waals surface area contributed by atoms with Gasteiger partial charge in [0.05, 0.1) is 23.8 Å². The maximum atomic E-state index is 13.1. The van der Waals surface area contributed by atoms with Crippen LogP contribution in [-0.4, -0.2) is 35.4 Å². The second-order valence-corrected chi connectivity index (χ2v) is 14.4. The van der Waals surface area contributed by atoms with E-state index in [0.717, 1.165) is 45.4 Å². The van der Waals surface area contributed by atoms with E-state index in [1.807, 2.05) is 48.5 Å². The molecule has 10 nitrogen and oxygen atoms in total. The zero-order chi connectivity index (χ0) is 29.5. The highest BCUT2D eigenvalue weighted by molar-refractivity contribution is 7.92. The van der Waals surface area contributed by atoms with Crippen molar-refractivity contribution >= 4 is 37.1 Å². The number of rotatable bonds is 9. The number of fused-ring (bicyclic) bond motifs is 3. The van der Waals surface area contributed by atoms with Crippen molar-refractivity contribution in [2.24, 2.45) is 0 Å². The lowest BCUT2D eigenvalue weighted by Crippen LogP contribution is -2.22. The van der Waals surface area contributed by atoms with Crippen LogP contribution in [0.2, 0.25) is 0 Å². The van der Waals surface area contributed by atoms with Crippen LogP contribution in [0.4, 0.5) is 5.69 Å². The Hall–Kier alpha value is -4.17. The van der Waals surface area contributed by atoms with E-state index in [1.54, 1.807) is 31.4 Å². The average molecular weight is 624 g/mol.